The Bertz CT molecular complexity index is 665. The molecule has 1 aliphatic heterocycles. The maximum atomic E-state index is 13.6. The van der Waals surface area contributed by atoms with E-state index in [2.05, 4.69) is 42.3 Å². The van der Waals surface area contributed by atoms with Crippen molar-refractivity contribution in [3.05, 3.63) is 53.1 Å². The molecule has 4 nitrogen and oxygen atoms in total. The van der Waals surface area contributed by atoms with Gasteiger partial charge in [0.05, 0.1) is 5.69 Å². The smallest absolute Gasteiger partial charge is 0.123 e. The molecule has 0 spiro atoms. The molecule has 0 aliphatic carbocycles. The molecule has 0 amide bonds. The number of piperazine rings is 1. The lowest BCUT2D eigenvalue weighted by molar-refractivity contribution is 0.153. The fraction of sp³-hybridized carbons (Fsp3) is 0.500. The second-order valence-corrected chi connectivity index (χ2v) is 6.56. The maximum Gasteiger partial charge on any atom is 0.123 e. The second-order valence-electron chi connectivity index (χ2n) is 6.56. The molecule has 0 radical (unpaired) electrons. The Hall–Kier alpha value is -1.72. The Morgan fingerprint density at radius 3 is 2.91 bits per heavy atom. The van der Waals surface area contributed by atoms with Crippen LogP contribution >= 0.6 is 0 Å². The Balaban J connectivity index is 1.82. The lowest BCUT2D eigenvalue weighted by Crippen LogP contribution is -2.45. The highest BCUT2D eigenvalue weighted by Gasteiger charge is 2.25. The zero-order valence-corrected chi connectivity index (χ0v) is 14.1. The van der Waals surface area contributed by atoms with E-state index in [0.717, 1.165) is 37.4 Å². The van der Waals surface area contributed by atoms with E-state index >= 15 is 0 Å². The summed E-state index contributed by atoms with van der Waals surface area (Å²) in [6.07, 6.45) is 2.14. The van der Waals surface area contributed by atoms with Crippen LogP contribution in [0, 0.1) is 12.7 Å². The number of hydrogen-bond donors (Lipinski definition) is 1. The normalized spacial score (nSPS) is 19.4. The lowest BCUT2D eigenvalue weighted by atomic mass is 10.0. The zero-order valence-electron chi connectivity index (χ0n) is 14.1. The molecule has 23 heavy (non-hydrogen) atoms. The Morgan fingerprint density at radius 2 is 2.22 bits per heavy atom. The predicted octanol–water partition coefficient (Wildman–Crippen LogP) is 3.06. The van der Waals surface area contributed by atoms with E-state index in [-0.39, 0.29) is 11.9 Å². The van der Waals surface area contributed by atoms with Gasteiger partial charge in [-0.15, -0.1) is 0 Å². The fourth-order valence-corrected chi connectivity index (χ4v) is 3.14. The van der Waals surface area contributed by atoms with Crippen molar-refractivity contribution < 1.29 is 4.39 Å². The molecular weight excluding hydrogens is 291 g/mol. The molecule has 1 fully saturated rings. The highest BCUT2D eigenvalue weighted by atomic mass is 19.1. The van der Waals surface area contributed by atoms with Crippen molar-refractivity contribution >= 4 is 0 Å². The maximum absolute atomic E-state index is 13.6. The minimum absolute atomic E-state index is 0.170. The number of nitrogens with one attached hydrogen (secondary N) is 1. The second kappa shape index (κ2) is 6.81. The molecule has 1 N–H and O–H groups in total. The van der Waals surface area contributed by atoms with Gasteiger partial charge >= 0.3 is 0 Å². The van der Waals surface area contributed by atoms with Crippen molar-refractivity contribution in [1.29, 1.82) is 0 Å². The number of aryl methyl sites for hydroxylation is 1. The van der Waals surface area contributed by atoms with Crippen LogP contribution in [0.3, 0.4) is 0 Å². The molecule has 1 atom stereocenters. The van der Waals surface area contributed by atoms with Crippen LogP contribution in [-0.4, -0.2) is 34.3 Å². The summed E-state index contributed by atoms with van der Waals surface area (Å²) < 4.78 is 15.6. The first-order chi connectivity index (χ1) is 11.0. The summed E-state index contributed by atoms with van der Waals surface area (Å²) in [5.41, 5.74) is 3.36. The third-order valence-corrected chi connectivity index (χ3v) is 4.51. The molecule has 2 aromatic rings. The van der Waals surface area contributed by atoms with E-state index in [4.69, 9.17) is 0 Å². The Morgan fingerprint density at radius 1 is 1.39 bits per heavy atom. The molecule has 124 valence electrons. The summed E-state index contributed by atoms with van der Waals surface area (Å²) >= 11 is 0. The van der Waals surface area contributed by atoms with Crippen molar-refractivity contribution in [3.63, 3.8) is 0 Å². The van der Waals surface area contributed by atoms with Crippen LogP contribution < -0.4 is 5.32 Å². The van der Waals surface area contributed by atoms with Gasteiger partial charge in [0, 0.05) is 50.0 Å². The van der Waals surface area contributed by atoms with Crippen LogP contribution in [0.15, 0.2) is 30.5 Å². The van der Waals surface area contributed by atoms with E-state index in [1.54, 1.807) is 12.1 Å². The summed E-state index contributed by atoms with van der Waals surface area (Å²) in [5, 5.41) is 8.02. The summed E-state index contributed by atoms with van der Waals surface area (Å²) in [6, 6.07) is 7.51. The highest BCUT2D eigenvalue weighted by molar-refractivity contribution is 5.23. The van der Waals surface area contributed by atoms with Crippen molar-refractivity contribution in [2.75, 3.05) is 19.6 Å². The predicted molar refractivity (Wildman–Crippen MR) is 89.8 cm³/mol. The molecule has 1 aromatic heterocycles. The molecular formula is C18H25FN4. The number of halogens is 1. The van der Waals surface area contributed by atoms with Gasteiger partial charge < -0.3 is 5.32 Å². The summed E-state index contributed by atoms with van der Waals surface area (Å²) in [5.74, 6) is -0.170. The molecule has 3 rings (SSSR count). The minimum Gasteiger partial charge on any atom is -0.314 e. The first-order valence-electron chi connectivity index (χ1n) is 8.29. The van der Waals surface area contributed by atoms with Crippen LogP contribution in [0.5, 0.6) is 0 Å². The van der Waals surface area contributed by atoms with Crippen LogP contribution in [-0.2, 0) is 6.54 Å². The van der Waals surface area contributed by atoms with Crippen LogP contribution in [0.2, 0.25) is 0 Å². The van der Waals surface area contributed by atoms with Gasteiger partial charge in [0.1, 0.15) is 5.82 Å². The van der Waals surface area contributed by atoms with Gasteiger partial charge in [-0.05, 0) is 38.5 Å². The van der Waals surface area contributed by atoms with E-state index < -0.39 is 0 Å². The van der Waals surface area contributed by atoms with Crippen molar-refractivity contribution in [2.24, 2.45) is 0 Å². The van der Waals surface area contributed by atoms with Gasteiger partial charge in [0.25, 0.3) is 0 Å². The first-order valence-corrected chi connectivity index (χ1v) is 8.29. The lowest BCUT2D eigenvalue weighted by Gasteiger charge is -2.36. The number of hydrogen-bond acceptors (Lipinski definition) is 3. The monoisotopic (exact) mass is 316 g/mol. The SMILES string of the molecule is Cc1nn(C(C)C)cc1CN1CCNCC1c1cccc(F)c1. The number of aromatic nitrogens is 2. The average molecular weight is 316 g/mol. The van der Waals surface area contributed by atoms with Gasteiger partial charge in [-0.2, -0.15) is 5.10 Å². The van der Waals surface area contributed by atoms with Crippen LogP contribution in [0.1, 0.15) is 42.8 Å². The van der Waals surface area contributed by atoms with Crippen molar-refractivity contribution in [1.82, 2.24) is 20.0 Å². The van der Waals surface area contributed by atoms with Crippen LogP contribution in [0.25, 0.3) is 0 Å². The summed E-state index contributed by atoms with van der Waals surface area (Å²) in [6.45, 7) is 9.94. The number of nitrogens with zero attached hydrogens (tertiary/aromatic N) is 3. The Labute approximate surface area is 137 Å². The van der Waals surface area contributed by atoms with Gasteiger partial charge in [0.15, 0.2) is 0 Å². The van der Waals surface area contributed by atoms with E-state index in [1.807, 2.05) is 10.7 Å². The first kappa shape index (κ1) is 16.1. The zero-order chi connectivity index (χ0) is 16.4. The Kier molecular flexibility index (Phi) is 4.78. The van der Waals surface area contributed by atoms with Gasteiger partial charge in [-0.25, -0.2) is 4.39 Å². The third kappa shape index (κ3) is 3.62. The molecule has 0 saturated carbocycles. The molecule has 2 heterocycles. The standard InChI is InChI=1S/C18H25FN4/c1-13(2)23-12-16(14(3)21-23)11-22-8-7-20-10-18(22)15-5-4-6-17(19)9-15/h4-6,9,12-13,18,20H,7-8,10-11H2,1-3H3. The molecule has 1 aromatic carbocycles. The third-order valence-electron chi connectivity index (χ3n) is 4.51. The largest absolute Gasteiger partial charge is 0.314 e. The molecule has 5 heteroatoms. The number of benzene rings is 1. The topological polar surface area (TPSA) is 33.1 Å². The summed E-state index contributed by atoms with van der Waals surface area (Å²) in [7, 11) is 0. The molecule has 1 unspecified atom stereocenters. The quantitative estimate of drug-likeness (QED) is 0.941. The number of rotatable bonds is 4. The van der Waals surface area contributed by atoms with Gasteiger partial charge in [-0.1, -0.05) is 12.1 Å². The van der Waals surface area contributed by atoms with E-state index in [9.17, 15) is 4.39 Å². The van der Waals surface area contributed by atoms with Gasteiger partial charge in [0.2, 0.25) is 0 Å². The highest BCUT2D eigenvalue weighted by Crippen LogP contribution is 2.25. The van der Waals surface area contributed by atoms with Gasteiger partial charge in [-0.3, -0.25) is 9.58 Å². The minimum atomic E-state index is -0.170. The molecule has 1 saturated heterocycles. The molecule has 0 bridgehead atoms. The van der Waals surface area contributed by atoms with E-state index in [0.29, 0.717) is 6.04 Å². The van der Waals surface area contributed by atoms with Crippen LogP contribution in [0.4, 0.5) is 4.39 Å². The summed E-state index contributed by atoms with van der Waals surface area (Å²) in [4.78, 5) is 2.42. The van der Waals surface area contributed by atoms with Crippen molar-refractivity contribution in [2.45, 2.75) is 39.4 Å². The fourth-order valence-electron chi connectivity index (χ4n) is 3.14. The molecule has 1 aliphatic rings. The average Bonchev–Trinajstić information content (AvgIpc) is 2.89. The van der Waals surface area contributed by atoms with E-state index in [1.165, 1.54) is 11.6 Å². The van der Waals surface area contributed by atoms with Crippen molar-refractivity contribution in [3.8, 4) is 0 Å².